The lowest BCUT2D eigenvalue weighted by Crippen LogP contribution is -2.59. The highest BCUT2D eigenvalue weighted by atomic mass is 32.1. The monoisotopic (exact) mass is 259 g/mol. The third-order valence-corrected chi connectivity index (χ3v) is 3.81. The molecule has 5 heteroatoms. The van der Waals surface area contributed by atoms with Crippen LogP contribution in [0.25, 0.3) is 0 Å². The van der Waals surface area contributed by atoms with E-state index in [-0.39, 0.29) is 6.04 Å². The van der Waals surface area contributed by atoms with Crippen LogP contribution in [0.1, 0.15) is 20.8 Å². The molecule has 0 aromatic carbocycles. The third kappa shape index (κ3) is 4.08. The minimum Gasteiger partial charge on any atom is -0.383 e. The fraction of sp³-hybridized carbons (Fsp3) is 0.917. The van der Waals surface area contributed by atoms with E-state index in [1.807, 2.05) is 0 Å². The molecule has 0 radical (unpaired) electrons. The number of piperazine rings is 1. The van der Waals surface area contributed by atoms with E-state index in [0.717, 1.165) is 18.2 Å². The number of hydrogen-bond donors (Lipinski definition) is 1. The quantitative estimate of drug-likeness (QED) is 0.761. The van der Waals surface area contributed by atoms with Crippen molar-refractivity contribution in [3.8, 4) is 0 Å². The van der Waals surface area contributed by atoms with Gasteiger partial charge in [-0.1, -0.05) is 0 Å². The molecule has 1 saturated heterocycles. The van der Waals surface area contributed by atoms with Crippen molar-refractivity contribution in [2.75, 3.05) is 33.9 Å². The first-order valence-corrected chi connectivity index (χ1v) is 6.62. The van der Waals surface area contributed by atoms with Crippen molar-refractivity contribution in [2.24, 2.45) is 0 Å². The molecule has 4 nitrogen and oxygen atoms in total. The van der Waals surface area contributed by atoms with Crippen LogP contribution in [-0.2, 0) is 4.74 Å². The SMILES string of the molecule is COCC(C)NC(=S)N1CC(C)N(C)C(C)C1. The standard InChI is InChI=1S/C12H25N3OS/c1-9(8-16-5)13-12(17)15-6-10(2)14(4)11(3)7-15/h9-11H,6-8H2,1-5H3,(H,13,17). The van der Waals surface area contributed by atoms with E-state index in [4.69, 9.17) is 17.0 Å². The Labute approximate surface area is 110 Å². The number of likely N-dealkylation sites (N-methyl/N-ethyl adjacent to an activating group) is 1. The van der Waals surface area contributed by atoms with E-state index in [0.29, 0.717) is 18.7 Å². The summed E-state index contributed by atoms with van der Waals surface area (Å²) in [7, 11) is 3.89. The van der Waals surface area contributed by atoms with Crippen LogP contribution in [0.2, 0.25) is 0 Å². The van der Waals surface area contributed by atoms with Crippen molar-refractivity contribution in [1.82, 2.24) is 15.1 Å². The Morgan fingerprint density at radius 1 is 1.41 bits per heavy atom. The molecule has 0 amide bonds. The van der Waals surface area contributed by atoms with Crippen LogP contribution in [0.5, 0.6) is 0 Å². The summed E-state index contributed by atoms with van der Waals surface area (Å²) in [5.41, 5.74) is 0. The fourth-order valence-corrected chi connectivity index (χ4v) is 2.51. The first-order valence-electron chi connectivity index (χ1n) is 6.22. The van der Waals surface area contributed by atoms with E-state index < -0.39 is 0 Å². The fourth-order valence-electron chi connectivity index (χ4n) is 2.16. The molecule has 100 valence electrons. The van der Waals surface area contributed by atoms with Crippen LogP contribution in [0.4, 0.5) is 0 Å². The first-order chi connectivity index (χ1) is 7.95. The van der Waals surface area contributed by atoms with Gasteiger partial charge in [-0.2, -0.15) is 0 Å². The molecule has 0 saturated carbocycles. The van der Waals surface area contributed by atoms with Crippen molar-refractivity contribution >= 4 is 17.3 Å². The zero-order chi connectivity index (χ0) is 13.0. The number of hydrogen-bond acceptors (Lipinski definition) is 3. The molecule has 0 bridgehead atoms. The van der Waals surface area contributed by atoms with Gasteiger partial charge in [0.05, 0.1) is 6.61 Å². The number of rotatable bonds is 3. The largest absolute Gasteiger partial charge is 0.383 e. The molecule has 1 rings (SSSR count). The van der Waals surface area contributed by atoms with Crippen LogP contribution >= 0.6 is 12.2 Å². The summed E-state index contributed by atoms with van der Waals surface area (Å²) in [4.78, 5) is 4.66. The Hall–Kier alpha value is -0.390. The number of ether oxygens (including phenoxy) is 1. The van der Waals surface area contributed by atoms with E-state index in [2.05, 4.69) is 42.9 Å². The second-order valence-electron chi connectivity index (χ2n) is 5.07. The molecule has 1 fully saturated rings. The summed E-state index contributed by atoms with van der Waals surface area (Å²) in [6, 6.07) is 1.34. The lowest BCUT2D eigenvalue weighted by Gasteiger charge is -2.43. The van der Waals surface area contributed by atoms with Crippen molar-refractivity contribution in [2.45, 2.75) is 38.9 Å². The number of thiocarbonyl (C=S) groups is 1. The molecule has 1 aliphatic rings. The first kappa shape index (κ1) is 14.7. The summed E-state index contributed by atoms with van der Waals surface area (Å²) < 4.78 is 5.10. The van der Waals surface area contributed by atoms with Gasteiger partial charge < -0.3 is 15.0 Å². The summed E-state index contributed by atoms with van der Waals surface area (Å²) in [5.74, 6) is 0. The lowest BCUT2D eigenvalue weighted by atomic mass is 10.1. The molecular formula is C12H25N3OS. The molecule has 0 aromatic rings. The van der Waals surface area contributed by atoms with Gasteiger partial charge in [-0.15, -0.1) is 0 Å². The molecule has 3 unspecified atom stereocenters. The Balaban J connectivity index is 2.47. The molecular weight excluding hydrogens is 234 g/mol. The molecule has 0 aliphatic carbocycles. The molecule has 1 aliphatic heterocycles. The van der Waals surface area contributed by atoms with Crippen LogP contribution in [-0.4, -0.2) is 66.9 Å². The highest BCUT2D eigenvalue weighted by molar-refractivity contribution is 7.80. The Bertz CT molecular complexity index is 250. The summed E-state index contributed by atoms with van der Waals surface area (Å²) >= 11 is 5.45. The molecule has 1 heterocycles. The predicted molar refractivity (Wildman–Crippen MR) is 75.3 cm³/mol. The number of nitrogens with zero attached hydrogens (tertiary/aromatic N) is 2. The predicted octanol–water partition coefficient (Wildman–Crippen LogP) is 0.920. The minimum atomic E-state index is 0.262. The average Bonchev–Trinajstić information content (AvgIpc) is 2.25. The molecule has 0 aromatic heterocycles. The molecule has 1 N–H and O–H groups in total. The smallest absolute Gasteiger partial charge is 0.169 e. The maximum absolute atomic E-state index is 5.45. The van der Waals surface area contributed by atoms with E-state index in [1.54, 1.807) is 7.11 Å². The second kappa shape index (κ2) is 6.52. The topological polar surface area (TPSA) is 27.7 Å². The van der Waals surface area contributed by atoms with Crippen molar-refractivity contribution in [3.63, 3.8) is 0 Å². The van der Waals surface area contributed by atoms with Gasteiger partial charge in [0.15, 0.2) is 5.11 Å². The maximum Gasteiger partial charge on any atom is 0.169 e. The maximum atomic E-state index is 5.45. The van der Waals surface area contributed by atoms with Gasteiger partial charge in [-0.3, -0.25) is 4.90 Å². The van der Waals surface area contributed by atoms with Crippen LogP contribution in [0.15, 0.2) is 0 Å². The van der Waals surface area contributed by atoms with Gasteiger partial charge in [-0.25, -0.2) is 0 Å². The minimum absolute atomic E-state index is 0.262. The Morgan fingerprint density at radius 2 is 1.94 bits per heavy atom. The molecule has 3 atom stereocenters. The van der Waals surface area contributed by atoms with Gasteiger partial charge in [-0.05, 0) is 40.0 Å². The summed E-state index contributed by atoms with van der Waals surface area (Å²) in [6.07, 6.45) is 0. The third-order valence-electron chi connectivity index (χ3n) is 3.43. The molecule has 0 spiro atoms. The van der Waals surface area contributed by atoms with Gasteiger partial charge >= 0.3 is 0 Å². The average molecular weight is 259 g/mol. The Kier molecular flexibility index (Phi) is 5.62. The number of methoxy groups -OCH3 is 1. The highest BCUT2D eigenvalue weighted by Crippen LogP contribution is 2.13. The van der Waals surface area contributed by atoms with E-state index in [1.165, 1.54) is 0 Å². The van der Waals surface area contributed by atoms with Gasteiger partial charge in [0.25, 0.3) is 0 Å². The lowest BCUT2D eigenvalue weighted by molar-refractivity contribution is 0.0970. The zero-order valence-electron chi connectivity index (χ0n) is 11.6. The van der Waals surface area contributed by atoms with Crippen LogP contribution in [0, 0.1) is 0 Å². The van der Waals surface area contributed by atoms with Gasteiger partial charge in [0, 0.05) is 38.3 Å². The van der Waals surface area contributed by atoms with Crippen molar-refractivity contribution in [1.29, 1.82) is 0 Å². The highest BCUT2D eigenvalue weighted by Gasteiger charge is 2.27. The molecule has 17 heavy (non-hydrogen) atoms. The summed E-state index contributed by atoms with van der Waals surface area (Å²) in [5, 5.41) is 4.17. The summed E-state index contributed by atoms with van der Waals surface area (Å²) in [6.45, 7) is 9.23. The normalized spacial score (nSPS) is 27.9. The number of nitrogens with one attached hydrogen (secondary N) is 1. The van der Waals surface area contributed by atoms with E-state index in [9.17, 15) is 0 Å². The van der Waals surface area contributed by atoms with Crippen molar-refractivity contribution < 1.29 is 4.74 Å². The van der Waals surface area contributed by atoms with Gasteiger partial charge in [0.2, 0.25) is 0 Å². The zero-order valence-corrected chi connectivity index (χ0v) is 12.4. The van der Waals surface area contributed by atoms with Crippen LogP contribution in [0.3, 0.4) is 0 Å². The second-order valence-corrected chi connectivity index (χ2v) is 5.46. The van der Waals surface area contributed by atoms with Crippen molar-refractivity contribution in [3.05, 3.63) is 0 Å². The Morgan fingerprint density at radius 3 is 2.41 bits per heavy atom. The van der Waals surface area contributed by atoms with Crippen LogP contribution < -0.4 is 5.32 Å². The van der Waals surface area contributed by atoms with Gasteiger partial charge in [0.1, 0.15) is 0 Å². The van der Waals surface area contributed by atoms with E-state index >= 15 is 0 Å².